The van der Waals surface area contributed by atoms with E-state index < -0.39 is 0 Å². The smallest absolute Gasteiger partial charge is 0.246 e. The number of hydrogen-bond donors (Lipinski definition) is 0. The van der Waals surface area contributed by atoms with Crippen molar-refractivity contribution in [2.45, 2.75) is 13.8 Å². The zero-order chi connectivity index (χ0) is 13.4. The lowest BCUT2D eigenvalue weighted by atomic mass is 10.1. The van der Waals surface area contributed by atoms with Crippen LogP contribution in [-0.2, 0) is 0 Å². The molecule has 3 rings (SSSR count). The highest BCUT2D eigenvalue weighted by Crippen LogP contribution is 2.24. The number of rotatable bonds is 2. The first-order valence-corrected chi connectivity index (χ1v) is 6.11. The van der Waals surface area contributed by atoms with Gasteiger partial charge in [0.2, 0.25) is 5.78 Å². The van der Waals surface area contributed by atoms with Crippen molar-refractivity contribution < 1.29 is 9.21 Å². The van der Waals surface area contributed by atoms with E-state index in [1.807, 2.05) is 38.1 Å². The molecule has 94 valence electrons. The van der Waals surface area contributed by atoms with Gasteiger partial charge in [-0.05, 0) is 43.2 Å². The number of furan rings is 1. The monoisotopic (exact) mass is 251 g/mol. The predicted molar refractivity (Wildman–Crippen MR) is 73.4 cm³/mol. The van der Waals surface area contributed by atoms with Gasteiger partial charge in [0.1, 0.15) is 11.3 Å². The molecule has 0 atom stereocenters. The van der Waals surface area contributed by atoms with Crippen LogP contribution in [0.5, 0.6) is 0 Å². The molecule has 0 spiro atoms. The average Bonchev–Trinajstić information content (AvgIpc) is 2.83. The Labute approximate surface area is 110 Å². The minimum absolute atomic E-state index is 0.181. The van der Waals surface area contributed by atoms with E-state index in [0.29, 0.717) is 11.5 Å². The summed E-state index contributed by atoms with van der Waals surface area (Å²) in [7, 11) is 0. The molecule has 3 aromatic rings. The van der Waals surface area contributed by atoms with Gasteiger partial charge in [0.05, 0.1) is 0 Å². The number of carbonyl (C=O) groups is 1. The molecule has 0 N–H and O–H groups in total. The Hall–Kier alpha value is -2.42. The van der Waals surface area contributed by atoms with Crippen molar-refractivity contribution in [1.82, 2.24) is 4.98 Å². The number of hydrogen-bond acceptors (Lipinski definition) is 3. The molecule has 2 heterocycles. The predicted octanol–water partition coefficient (Wildman–Crippen LogP) is 3.68. The molecule has 0 saturated heterocycles. The van der Waals surface area contributed by atoms with Gasteiger partial charge in [-0.1, -0.05) is 18.2 Å². The second-order valence-electron chi connectivity index (χ2n) is 4.65. The van der Waals surface area contributed by atoms with Gasteiger partial charge in [-0.2, -0.15) is 0 Å². The fourth-order valence-electron chi connectivity index (χ4n) is 2.11. The van der Waals surface area contributed by atoms with Gasteiger partial charge in [-0.15, -0.1) is 0 Å². The van der Waals surface area contributed by atoms with E-state index in [-0.39, 0.29) is 5.78 Å². The molecule has 2 aromatic heterocycles. The Balaban J connectivity index is 2.09. The number of para-hydroxylation sites is 1. The largest absolute Gasteiger partial charge is 0.452 e. The van der Waals surface area contributed by atoms with Crippen molar-refractivity contribution in [1.29, 1.82) is 0 Å². The maximum atomic E-state index is 12.3. The van der Waals surface area contributed by atoms with Crippen molar-refractivity contribution in [2.24, 2.45) is 0 Å². The Morgan fingerprint density at radius 1 is 1.16 bits per heavy atom. The third-order valence-corrected chi connectivity index (χ3v) is 3.11. The summed E-state index contributed by atoms with van der Waals surface area (Å²) in [4.78, 5) is 16.4. The molecule has 0 aliphatic rings. The quantitative estimate of drug-likeness (QED) is 0.652. The highest BCUT2D eigenvalue weighted by Gasteiger charge is 2.16. The van der Waals surface area contributed by atoms with Crippen LogP contribution < -0.4 is 0 Å². The van der Waals surface area contributed by atoms with Gasteiger partial charge in [0, 0.05) is 11.6 Å². The maximum Gasteiger partial charge on any atom is 0.246 e. The zero-order valence-electron chi connectivity index (χ0n) is 10.8. The van der Waals surface area contributed by atoms with Gasteiger partial charge in [0.15, 0.2) is 5.76 Å². The van der Waals surface area contributed by atoms with E-state index in [2.05, 4.69) is 4.98 Å². The van der Waals surface area contributed by atoms with Crippen LogP contribution in [0.2, 0.25) is 0 Å². The molecular formula is C16H13NO2. The Bertz CT molecular complexity index is 771. The van der Waals surface area contributed by atoms with Crippen LogP contribution in [0.15, 0.2) is 47.0 Å². The molecule has 0 amide bonds. The van der Waals surface area contributed by atoms with Gasteiger partial charge < -0.3 is 4.42 Å². The first kappa shape index (κ1) is 11.7. The Morgan fingerprint density at radius 3 is 2.74 bits per heavy atom. The summed E-state index contributed by atoms with van der Waals surface area (Å²) in [6.45, 7) is 3.90. The molecule has 0 aliphatic carbocycles. The number of carbonyl (C=O) groups excluding carboxylic acids is 1. The number of ketones is 1. The van der Waals surface area contributed by atoms with Crippen molar-refractivity contribution in [3.63, 3.8) is 0 Å². The molecule has 0 bridgehead atoms. The summed E-state index contributed by atoms with van der Waals surface area (Å²) < 4.78 is 5.67. The lowest BCUT2D eigenvalue weighted by Gasteiger charge is -1.97. The number of benzene rings is 1. The van der Waals surface area contributed by atoms with Crippen LogP contribution in [0.3, 0.4) is 0 Å². The fourth-order valence-corrected chi connectivity index (χ4v) is 2.11. The molecule has 1 aromatic carbocycles. The van der Waals surface area contributed by atoms with E-state index in [9.17, 15) is 4.79 Å². The first-order valence-electron chi connectivity index (χ1n) is 6.11. The normalized spacial score (nSPS) is 10.8. The van der Waals surface area contributed by atoms with Crippen molar-refractivity contribution in [3.8, 4) is 0 Å². The number of aromatic nitrogens is 1. The average molecular weight is 251 g/mol. The molecule has 3 nitrogen and oxygen atoms in total. The van der Waals surface area contributed by atoms with Gasteiger partial charge in [0.25, 0.3) is 0 Å². The third-order valence-electron chi connectivity index (χ3n) is 3.11. The van der Waals surface area contributed by atoms with Gasteiger partial charge in [-0.3, -0.25) is 9.78 Å². The summed E-state index contributed by atoms with van der Waals surface area (Å²) in [5, 5.41) is 0.941. The zero-order valence-corrected chi connectivity index (χ0v) is 10.8. The minimum Gasteiger partial charge on any atom is -0.452 e. The van der Waals surface area contributed by atoms with E-state index >= 15 is 0 Å². The van der Waals surface area contributed by atoms with Crippen LogP contribution in [-0.4, -0.2) is 10.8 Å². The minimum atomic E-state index is -0.181. The lowest BCUT2D eigenvalue weighted by Crippen LogP contribution is -2.02. The summed E-state index contributed by atoms with van der Waals surface area (Å²) >= 11 is 0. The number of fused-ring (bicyclic) bond motifs is 1. The van der Waals surface area contributed by atoms with Crippen molar-refractivity contribution in [2.75, 3.05) is 0 Å². The number of pyridine rings is 1. The molecule has 0 fully saturated rings. The summed E-state index contributed by atoms with van der Waals surface area (Å²) in [6.07, 6.45) is 1.64. The Morgan fingerprint density at radius 2 is 2.00 bits per heavy atom. The maximum absolute atomic E-state index is 12.3. The van der Waals surface area contributed by atoms with Crippen LogP contribution in [0, 0.1) is 13.8 Å². The van der Waals surface area contributed by atoms with Crippen molar-refractivity contribution in [3.05, 3.63) is 65.2 Å². The lowest BCUT2D eigenvalue weighted by molar-refractivity contribution is 0.101. The highest BCUT2D eigenvalue weighted by atomic mass is 16.3. The molecule has 0 radical (unpaired) electrons. The standard InChI is InChI=1S/C16H13NO2/c1-10-6-7-17-13(8-10)15(18)14-9-12-5-3-4-11(2)16(12)19-14/h3-9H,1-2H3. The van der Waals surface area contributed by atoms with E-state index in [1.165, 1.54) is 0 Å². The number of aryl methyl sites for hydroxylation is 2. The SMILES string of the molecule is Cc1ccnc(C(=O)c2cc3cccc(C)c3o2)c1. The van der Waals surface area contributed by atoms with E-state index in [0.717, 1.165) is 22.1 Å². The van der Waals surface area contributed by atoms with Crippen LogP contribution in [0.25, 0.3) is 11.0 Å². The van der Waals surface area contributed by atoms with Gasteiger partial charge in [-0.25, -0.2) is 0 Å². The third kappa shape index (κ3) is 2.03. The Kier molecular flexibility index (Phi) is 2.67. The topological polar surface area (TPSA) is 43.1 Å². The van der Waals surface area contributed by atoms with Crippen LogP contribution in [0.1, 0.15) is 27.4 Å². The molecule has 0 saturated carbocycles. The van der Waals surface area contributed by atoms with Crippen LogP contribution in [0.4, 0.5) is 0 Å². The summed E-state index contributed by atoms with van der Waals surface area (Å²) in [5.74, 6) is 0.154. The van der Waals surface area contributed by atoms with E-state index in [1.54, 1.807) is 18.3 Å². The fraction of sp³-hybridized carbons (Fsp3) is 0.125. The molecule has 0 unspecified atom stereocenters. The highest BCUT2D eigenvalue weighted by molar-refractivity contribution is 6.08. The van der Waals surface area contributed by atoms with Crippen LogP contribution >= 0.6 is 0 Å². The molecule has 19 heavy (non-hydrogen) atoms. The molecular weight excluding hydrogens is 238 g/mol. The van der Waals surface area contributed by atoms with Crippen molar-refractivity contribution >= 4 is 16.8 Å². The van der Waals surface area contributed by atoms with E-state index in [4.69, 9.17) is 4.42 Å². The second kappa shape index (κ2) is 4.35. The molecule has 3 heteroatoms. The summed E-state index contributed by atoms with van der Waals surface area (Å²) in [5.41, 5.74) is 3.20. The second-order valence-corrected chi connectivity index (χ2v) is 4.65. The molecule has 0 aliphatic heterocycles. The van der Waals surface area contributed by atoms with Gasteiger partial charge >= 0.3 is 0 Å². The summed E-state index contributed by atoms with van der Waals surface area (Å²) in [6, 6.07) is 11.3. The first-order chi connectivity index (χ1) is 9.15. The number of nitrogens with zero attached hydrogens (tertiary/aromatic N) is 1.